The Kier molecular flexibility index (Phi) is 6.26. The zero-order valence-electron chi connectivity index (χ0n) is 10.5. The van der Waals surface area contributed by atoms with Gasteiger partial charge in [-0.05, 0) is 26.0 Å². The molecule has 0 fully saturated rings. The summed E-state index contributed by atoms with van der Waals surface area (Å²) in [6.07, 6.45) is 0. The molecule has 0 aliphatic heterocycles. The van der Waals surface area contributed by atoms with Gasteiger partial charge in [0.2, 0.25) is 10.0 Å². The van der Waals surface area contributed by atoms with E-state index in [1.54, 1.807) is 19.9 Å². The molecule has 0 spiro atoms. The van der Waals surface area contributed by atoms with Crippen LogP contribution in [0.1, 0.15) is 19.4 Å². The summed E-state index contributed by atoms with van der Waals surface area (Å²) in [6.45, 7) is 3.44. The highest BCUT2D eigenvalue weighted by atomic mass is 35.5. The number of hydrogen-bond acceptors (Lipinski definition) is 4. The SMILES string of the molecule is CC(C)(CN)NS(=O)(=O)c1cccc(Cl)c1C#N.Cl. The molecule has 0 unspecified atom stereocenters. The van der Waals surface area contributed by atoms with Gasteiger partial charge in [-0.2, -0.15) is 5.26 Å². The molecule has 1 aromatic rings. The van der Waals surface area contributed by atoms with Crippen molar-refractivity contribution in [3.8, 4) is 6.07 Å². The van der Waals surface area contributed by atoms with E-state index in [1.807, 2.05) is 0 Å². The molecule has 19 heavy (non-hydrogen) atoms. The number of nitrogens with two attached hydrogens (primary N) is 1. The van der Waals surface area contributed by atoms with Crippen molar-refractivity contribution in [1.29, 1.82) is 5.26 Å². The number of hydrogen-bond donors (Lipinski definition) is 2. The Morgan fingerprint density at radius 3 is 2.53 bits per heavy atom. The molecule has 0 aromatic heterocycles. The van der Waals surface area contributed by atoms with E-state index in [1.165, 1.54) is 18.2 Å². The van der Waals surface area contributed by atoms with Gasteiger partial charge in [-0.25, -0.2) is 13.1 Å². The van der Waals surface area contributed by atoms with Gasteiger partial charge < -0.3 is 5.73 Å². The van der Waals surface area contributed by atoms with Crippen LogP contribution < -0.4 is 10.5 Å². The van der Waals surface area contributed by atoms with Gasteiger partial charge >= 0.3 is 0 Å². The maximum absolute atomic E-state index is 12.2. The quantitative estimate of drug-likeness (QED) is 0.880. The van der Waals surface area contributed by atoms with Crippen LogP contribution in [0.3, 0.4) is 0 Å². The summed E-state index contributed by atoms with van der Waals surface area (Å²) in [6, 6.07) is 6.07. The lowest BCUT2D eigenvalue weighted by Gasteiger charge is -2.24. The van der Waals surface area contributed by atoms with Crippen LogP contribution in [0, 0.1) is 11.3 Å². The normalized spacial score (nSPS) is 11.5. The number of nitriles is 1. The highest BCUT2D eigenvalue weighted by Crippen LogP contribution is 2.23. The average molecular weight is 324 g/mol. The fraction of sp³-hybridized carbons (Fsp3) is 0.364. The van der Waals surface area contributed by atoms with Crippen LogP contribution in [0.2, 0.25) is 5.02 Å². The largest absolute Gasteiger partial charge is 0.329 e. The lowest BCUT2D eigenvalue weighted by atomic mass is 10.1. The fourth-order valence-corrected chi connectivity index (χ4v) is 3.17. The number of sulfonamides is 1. The first-order chi connectivity index (χ1) is 8.23. The van der Waals surface area contributed by atoms with Crippen molar-refractivity contribution in [3.63, 3.8) is 0 Å². The van der Waals surface area contributed by atoms with Crippen molar-refractivity contribution in [1.82, 2.24) is 4.72 Å². The molecule has 0 atom stereocenters. The number of rotatable bonds is 4. The molecule has 0 saturated carbocycles. The van der Waals surface area contributed by atoms with E-state index in [-0.39, 0.29) is 34.4 Å². The van der Waals surface area contributed by atoms with E-state index in [9.17, 15) is 8.42 Å². The Hall–Kier alpha value is -0.840. The summed E-state index contributed by atoms with van der Waals surface area (Å²) >= 11 is 5.80. The van der Waals surface area contributed by atoms with E-state index in [0.29, 0.717) is 0 Å². The molecule has 0 saturated heterocycles. The van der Waals surface area contributed by atoms with Crippen molar-refractivity contribution in [2.45, 2.75) is 24.3 Å². The van der Waals surface area contributed by atoms with Crippen molar-refractivity contribution in [2.75, 3.05) is 6.54 Å². The molecular formula is C11H15Cl2N3O2S. The van der Waals surface area contributed by atoms with Crippen molar-refractivity contribution >= 4 is 34.0 Å². The third-order valence-corrected chi connectivity index (χ3v) is 4.35. The van der Waals surface area contributed by atoms with Crippen LogP contribution in [-0.2, 0) is 10.0 Å². The minimum Gasteiger partial charge on any atom is -0.329 e. The first-order valence-corrected chi connectivity index (χ1v) is 7.02. The van der Waals surface area contributed by atoms with Gasteiger partial charge in [0.15, 0.2) is 0 Å². The van der Waals surface area contributed by atoms with Crippen LogP contribution >= 0.6 is 24.0 Å². The molecule has 1 rings (SSSR count). The van der Waals surface area contributed by atoms with Crippen molar-refractivity contribution < 1.29 is 8.42 Å². The third kappa shape index (κ3) is 4.34. The number of halogens is 2. The first-order valence-electron chi connectivity index (χ1n) is 5.16. The second kappa shape index (κ2) is 6.55. The predicted molar refractivity (Wildman–Crippen MR) is 76.9 cm³/mol. The highest BCUT2D eigenvalue weighted by Gasteiger charge is 2.27. The summed E-state index contributed by atoms with van der Waals surface area (Å²) < 4.78 is 26.8. The molecule has 0 aliphatic carbocycles. The van der Waals surface area contributed by atoms with E-state index in [2.05, 4.69) is 4.72 Å². The second-order valence-electron chi connectivity index (χ2n) is 4.42. The molecule has 8 heteroatoms. The number of nitrogens with one attached hydrogen (secondary N) is 1. The van der Waals surface area contributed by atoms with Gasteiger partial charge in [-0.3, -0.25) is 0 Å². The van der Waals surface area contributed by atoms with Crippen molar-refractivity contribution in [3.05, 3.63) is 28.8 Å². The summed E-state index contributed by atoms with van der Waals surface area (Å²) in [5.74, 6) is 0. The summed E-state index contributed by atoms with van der Waals surface area (Å²) in [7, 11) is -3.83. The number of nitrogens with zero attached hydrogens (tertiary/aromatic N) is 1. The number of benzene rings is 1. The molecule has 0 heterocycles. The topological polar surface area (TPSA) is 96.0 Å². The van der Waals surface area contributed by atoms with E-state index in [0.717, 1.165) is 0 Å². The Labute approximate surface area is 124 Å². The zero-order valence-corrected chi connectivity index (χ0v) is 12.9. The lowest BCUT2D eigenvalue weighted by Crippen LogP contribution is -2.48. The van der Waals surface area contributed by atoms with Crippen LogP contribution in [0.5, 0.6) is 0 Å². The molecule has 0 radical (unpaired) electrons. The van der Waals surface area contributed by atoms with E-state index in [4.69, 9.17) is 22.6 Å². The van der Waals surface area contributed by atoms with Gasteiger partial charge in [-0.15, -0.1) is 12.4 Å². The van der Waals surface area contributed by atoms with Crippen LogP contribution in [-0.4, -0.2) is 20.5 Å². The van der Waals surface area contributed by atoms with Crippen LogP contribution in [0.25, 0.3) is 0 Å². The molecule has 5 nitrogen and oxygen atoms in total. The summed E-state index contributed by atoms with van der Waals surface area (Å²) in [5.41, 5.74) is 4.61. The van der Waals surface area contributed by atoms with E-state index < -0.39 is 15.6 Å². The van der Waals surface area contributed by atoms with Crippen LogP contribution in [0.4, 0.5) is 0 Å². The second-order valence-corrected chi connectivity index (χ2v) is 6.48. The molecule has 3 N–H and O–H groups in total. The zero-order chi connectivity index (χ0) is 14.0. The smallest absolute Gasteiger partial charge is 0.242 e. The van der Waals surface area contributed by atoms with Gasteiger partial charge in [0.05, 0.1) is 10.6 Å². The minimum atomic E-state index is -3.83. The Bertz CT molecular complexity index is 594. The van der Waals surface area contributed by atoms with Gasteiger partial charge in [0.25, 0.3) is 0 Å². The first kappa shape index (κ1) is 18.2. The molecule has 0 aliphatic rings. The van der Waals surface area contributed by atoms with Crippen molar-refractivity contribution in [2.24, 2.45) is 5.73 Å². The maximum Gasteiger partial charge on any atom is 0.242 e. The molecule has 1 aromatic carbocycles. The Balaban J connectivity index is 0.00000324. The summed E-state index contributed by atoms with van der Waals surface area (Å²) in [5, 5.41) is 9.07. The third-order valence-electron chi connectivity index (χ3n) is 2.30. The fourth-order valence-electron chi connectivity index (χ4n) is 1.30. The Morgan fingerprint density at radius 2 is 2.05 bits per heavy atom. The standard InChI is InChI=1S/C11H14ClN3O2S.ClH/c1-11(2,7-14)15-18(16,17)10-5-3-4-9(12)8(10)6-13;/h3-5,15H,7,14H2,1-2H3;1H. The molecular weight excluding hydrogens is 309 g/mol. The average Bonchev–Trinajstić information content (AvgIpc) is 2.27. The molecule has 0 amide bonds. The van der Waals surface area contributed by atoms with Gasteiger partial charge in [0, 0.05) is 12.1 Å². The maximum atomic E-state index is 12.2. The Morgan fingerprint density at radius 1 is 1.47 bits per heavy atom. The van der Waals surface area contributed by atoms with Gasteiger partial charge in [0.1, 0.15) is 11.0 Å². The predicted octanol–water partition coefficient (Wildman–Crippen LogP) is 1.65. The highest BCUT2D eigenvalue weighted by molar-refractivity contribution is 7.89. The molecule has 106 valence electrons. The monoisotopic (exact) mass is 323 g/mol. The van der Waals surface area contributed by atoms with E-state index >= 15 is 0 Å². The molecule has 0 bridgehead atoms. The lowest BCUT2D eigenvalue weighted by molar-refractivity contribution is 0.462. The van der Waals surface area contributed by atoms with Crippen LogP contribution in [0.15, 0.2) is 23.1 Å². The minimum absolute atomic E-state index is 0. The van der Waals surface area contributed by atoms with Gasteiger partial charge in [-0.1, -0.05) is 17.7 Å². The summed E-state index contributed by atoms with van der Waals surface area (Å²) in [4.78, 5) is -0.140.